The maximum atomic E-state index is 14.2. The molecule has 0 spiro atoms. The molecule has 1 aliphatic carbocycles. The van der Waals surface area contributed by atoms with Crippen LogP contribution in [0.2, 0.25) is 0 Å². The maximum absolute atomic E-state index is 14.2. The van der Waals surface area contributed by atoms with Gasteiger partial charge in [0.25, 0.3) is 5.91 Å². The number of halogens is 2. The molecule has 0 unspecified atom stereocenters. The van der Waals surface area contributed by atoms with Gasteiger partial charge in [-0.1, -0.05) is 24.1 Å². The number of rotatable bonds is 7. The molecule has 2 aromatic heterocycles. The van der Waals surface area contributed by atoms with Gasteiger partial charge in [0.15, 0.2) is 11.5 Å². The van der Waals surface area contributed by atoms with Gasteiger partial charge in [0.05, 0.1) is 29.3 Å². The third-order valence-corrected chi connectivity index (χ3v) is 7.89. The molecule has 1 aliphatic heterocycles. The molecule has 212 valence electrons. The number of aliphatic hydroxyl groups is 1. The second kappa shape index (κ2) is 12.2. The monoisotopic (exact) mass is 553 g/mol. The molecule has 3 heterocycles. The lowest BCUT2D eigenvalue weighted by Gasteiger charge is -2.44. The van der Waals surface area contributed by atoms with Gasteiger partial charge >= 0.3 is 0 Å². The lowest BCUT2D eigenvalue weighted by atomic mass is 9.85. The normalized spacial score (nSPS) is 24.3. The molecule has 0 radical (unpaired) electrons. The Bertz CT molecular complexity index is 1340. The van der Waals surface area contributed by atoms with Crippen molar-refractivity contribution in [3.8, 4) is 11.3 Å². The zero-order valence-corrected chi connectivity index (χ0v) is 22.2. The second-order valence-corrected chi connectivity index (χ2v) is 10.6. The topological polar surface area (TPSA) is 121 Å². The first-order valence-corrected chi connectivity index (χ1v) is 13.7. The predicted octanol–water partition coefficient (Wildman–Crippen LogP) is 3.62. The molecule has 5 atom stereocenters. The fraction of sp³-hybridized carbons (Fsp3) is 0.448. The summed E-state index contributed by atoms with van der Waals surface area (Å²) in [6.07, 6.45) is 5.31. The molecule has 2 amide bonds. The van der Waals surface area contributed by atoms with Gasteiger partial charge < -0.3 is 20.3 Å². The van der Waals surface area contributed by atoms with Crippen LogP contribution < -0.4 is 10.6 Å². The third kappa shape index (κ3) is 6.20. The molecule has 2 fully saturated rings. The summed E-state index contributed by atoms with van der Waals surface area (Å²) in [5.74, 6) is -2.97. The summed E-state index contributed by atoms with van der Waals surface area (Å²) in [6, 6.07) is 8.93. The van der Waals surface area contributed by atoms with E-state index in [1.807, 2.05) is 19.1 Å². The standard InChI is InChI=1S/C29H33F2N5O4/c1-17(22-6-4-5-12-32-22)33-28(38)20-16-36(25-7-2-3-8-26(25)37)13-11-23(20)34-29(39)24-15-27(40-35-24)19-10-9-18(30)14-21(19)31/h4-6,9-10,12,14-15,17,20,23,25-26,37H,2-3,7-8,11,13,16H2,1H3,(H,33,38)(H,34,39)/t17-,20-,23-,25+,26+/m1/s1. The Morgan fingerprint density at radius 2 is 1.95 bits per heavy atom. The Labute approximate surface area is 231 Å². The van der Waals surface area contributed by atoms with Crippen LogP contribution in [0.4, 0.5) is 8.78 Å². The minimum atomic E-state index is -0.834. The Hall–Kier alpha value is -3.70. The number of amides is 2. The van der Waals surface area contributed by atoms with E-state index in [4.69, 9.17) is 4.52 Å². The van der Waals surface area contributed by atoms with Crippen LogP contribution in [0.3, 0.4) is 0 Å². The summed E-state index contributed by atoms with van der Waals surface area (Å²) in [5, 5.41) is 20.4. The number of pyridine rings is 1. The molecule has 9 nitrogen and oxygen atoms in total. The van der Waals surface area contributed by atoms with Crippen LogP contribution in [-0.4, -0.2) is 63.2 Å². The summed E-state index contributed by atoms with van der Waals surface area (Å²) < 4.78 is 32.7. The van der Waals surface area contributed by atoms with E-state index in [9.17, 15) is 23.5 Å². The summed E-state index contributed by atoms with van der Waals surface area (Å²) in [5.41, 5.74) is 0.618. The van der Waals surface area contributed by atoms with Crippen molar-refractivity contribution in [3.05, 3.63) is 71.7 Å². The zero-order valence-electron chi connectivity index (χ0n) is 22.2. The van der Waals surface area contributed by atoms with Crippen LogP contribution in [-0.2, 0) is 4.79 Å². The SMILES string of the molecule is C[C@@H](NC(=O)[C@@H]1CN([C@H]2CCCC[C@@H]2O)CC[C@H]1NC(=O)c1cc(-c2ccc(F)cc2F)on1)c1ccccn1. The summed E-state index contributed by atoms with van der Waals surface area (Å²) >= 11 is 0. The molecular formula is C29H33F2N5O4. The number of aliphatic hydroxyl groups excluding tert-OH is 1. The Morgan fingerprint density at radius 1 is 1.12 bits per heavy atom. The lowest BCUT2D eigenvalue weighted by molar-refractivity contribution is -0.129. The number of hydrogen-bond donors (Lipinski definition) is 3. The van der Waals surface area contributed by atoms with Crippen LogP contribution in [0.5, 0.6) is 0 Å². The zero-order chi connectivity index (χ0) is 28.2. The highest BCUT2D eigenvalue weighted by atomic mass is 19.1. The van der Waals surface area contributed by atoms with Gasteiger partial charge in [0.2, 0.25) is 5.91 Å². The van der Waals surface area contributed by atoms with E-state index in [0.29, 0.717) is 19.5 Å². The average Bonchev–Trinajstić information content (AvgIpc) is 3.44. The van der Waals surface area contributed by atoms with E-state index in [0.717, 1.165) is 43.5 Å². The van der Waals surface area contributed by atoms with Crippen molar-refractivity contribution < 1.29 is 28.0 Å². The van der Waals surface area contributed by atoms with Crippen LogP contribution >= 0.6 is 0 Å². The quantitative estimate of drug-likeness (QED) is 0.409. The Balaban J connectivity index is 1.32. The van der Waals surface area contributed by atoms with E-state index in [1.165, 1.54) is 12.1 Å². The van der Waals surface area contributed by atoms with Crippen molar-refractivity contribution in [1.29, 1.82) is 0 Å². The second-order valence-electron chi connectivity index (χ2n) is 10.6. The maximum Gasteiger partial charge on any atom is 0.273 e. The van der Waals surface area contributed by atoms with E-state index in [1.54, 1.807) is 12.3 Å². The van der Waals surface area contributed by atoms with E-state index in [-0.39, 0.29) is 35.0 Å². The van der Waals surface area contributed by atoms with Gasteiger partial charge in [0, 0.05) is 43.5 Å². The number of carbonyl (C=O) groups excluding carboxylic acids is 2. The fourth-order valence-corrected chi connectivity index (χ4v) is 5.70. The number of benzene rings is 1. The Kier molecular flexibility index (Phi) is 8.51. The third-order valence-electron chi connectivity index (χ3n) is 7.89. The van der Waals surface area contributed by atoms with Gasteiger partial charge in [0.1, 0.15) is 11.6 Å². The van der Waals surface area contributed by atoms with Gasteiger partial charge in [-0.3, -0.25) is 19.5 Å². The molecule has 1 saturated carbocycles. The van der Waals surface area contributed by atoms with Gasteiger partial charge in [-0.15, -0.1) is 0 Å². The van der Waals surface area contributed by atoms with E-state index < -0.39 is 35.6 Å². The van der Waals surface area contributed by atoms with Crippen molar-refractivity contribution in [1.82, 2.24) is 25.7 Å². The van der Waals surface area contributed by atoms with E-state index in [2.05, 4.69) is 25.7 Å². The number of aromatic nitrogens is 2. The number of carbonyl (C=O) groups is 2. The fourth-order valence-electron chi connectivity index (χ4n) is 5.70. The number of likely N-dealkylation sites (tertiary alicyclic amines) is 1. The van der Waals surface area contributed by atoms with Crippen molar-refractivity contribution in [2.45, 2.75) is 63.3 Å². The van der Waals surface area contributed by atoms with Crippen LogP contribution in [0.1, 0.15) is 61.3 Å². The molecule has 3 aromatic rings. The first-order chi connectivity index (χ1) is 19.3. The number of piperidine rings is 1. The minimum Gasteiger partial charge on any atom is -0.391 e. The summed E-state index contributed by atoms with van der Waals surface area (Å²) in [4.78, 5) is 33.2. The van der Waals surface area contributed by atoms with Crippen molar-refractivity contribution >= 4 is 11.8 Å². The number of nitrogens with one attached hydrogen (secondary N) is 2. The smallest absolute Gasteiger partial charge is 0.273 e. The molecule has 5 rings (SSSR count). The van der Waals surface area contributed by atoms with Crippen molar-refractivity contribution in [3.63, 3.8) is 0 Å². The highest BCUT2D eigenvalue weighted by molar-refractivity contribution is 5.94. The van der Waals surface area contributed by atoms with Crippen molar-refractivity contribution in [2.75, 3.05) is 13.1 Å². The summed E-state index contributed by atoms with van der Waals surface area (Å²) in [7, 11) is 0. The van der Waals surface area contributed by atoms with E-state index >= 15 is 0 Å². The lowest BCUT2D eigenvalue weighted by Crippen LogP contribution is -2.59. The molecule has 0 bridgehead atoms. The van der Waals surface area contributed by atoms with Gasteiger partial charge in [-0.2, -0.15) is 0 Å². The molecular weight excluding hydrogens is 520 g/mol. The van der Waals surface area contributed by atoms with Crippen LogP contribution in [0, 0.1) is 17.6 Å². The molecule has 3 N–H and O–H groups in total. The molecule has 1 saturated heterocycles. The number of hydrogen-bond acceptors (Lipinski definition) is 7. The molecule has 1 aromatic carbocycles. The number of nitrogens with zero attached hydrogens (tertiary/aromatic N) is 3. The predicted molar refractivity (Wildman–Crippen MR) is 142 cm³/mol. The van der Waals surface area contributed by atoms with Gasteiger partial charge in [-0.25, -0.2) is 8.78 Å². The van der Waals surface area contributed by atoms with Crippen molar-refractivity contribution in [2.24, 2.45) is 5.92 Å². The summed E-state index contributed by atoms with van der Waals surface area (Å²) in [6.45, 7) is 2.83. The first-order valence-electron chi connectivity index (χ1n) is 13.7. The molecule has 2 aliphatic rings. The highest BCUT2D eigenvalue weighted by Gasteiger charge is 2.40. The largest absolute Gasteiger partial charge is 0.391 e. The van der Waals surface area contributed by atoms with Crippen LogP contribution in [0.25, 0.3) is 11.3 Å². The molecule has 11 heteroatoms. The van der Waals surface area contributed by atoms with Crippen LogP contribution in [0.15, 0.2) is 53.2 Å². The molecule has 40 heavy (non-hydrogen) atoms. The highest BCUT2D eigenvalue weighted by Crippen LogP contribution is 2.29. The first kappa shape index (κ1) is 27.9. The average molecular weight is 554 g/mol. The van der Waals surface area contributed by atoms with Gasteiger partial charge in [-0.05, 0) is 50.5 Å². The Morgan fingerprint density at radius 3 is 2.70 bits per heavy atom. The minimum absolute atomic E-state index is 0.0118.